The number of phenols is 1. The van der Waals surface area contributed by atoms with Crippen LogP contribution in [0.5, 0.6) is 5.75 Å². The van der Waals surface area contributed by atoms with Crippen LogP contribution in [-0.2, 0) is 18.3 Å². The average Bonchev–Trinajstić information content (AvgIpc) is 2.85. The molecule has 1 aliphatic rings. The maximum absolute atomic E-state index is 11.3. The Balaban J connectivity index is 1.84. The highest BCUT2D eigenvalue weighted by Gasteiger charge is 2.24. The van der Waals surface area contributed by atoms with Gasteiger partial charge in [-0.2, -0.15) is 5.10 Å². The highest BCUT2D eigenvalue weighted by molar-refractivity contribution is 5.68. The molecule has 2 N–H and O–H groups in total. The first-order valence-corrected chi connectivity index (χ1v) is 8.02. The second-order valence-corrected chi connectivity index (χ2v) is 6.02. The molecule has 25 heavy (non-hydrogen) atoms. The summed E-state index contributed by atoms with van der Waals surface area (Å²) in [5.41, 5.74) is 1.72. The van der Waals surface area contributed by atoms with Crippen LogP contribution in [0.3, 0.4) is 0 Å². The molecule has 0 saturated carbocycles. The van der Waals surface area contributed by atoms with Crippen molar-refractivity contribution in [2.24, 2.45) is 7.05 Å². The first-order valence-electron chi connectivity index (χ1n) is 8.02. The number of rotatable bonds is 5. The number of morpholine rings is 1. The minimum atomic E-state index is -0.445. The van der Waals surface area contributed by atoms with E-state index in [0.717, 1.165) is 18.7 Å². The molecule has 0 unspecified atom stereocenters. The number of anilines is 2. The van der Waals surface area contributed by atoms with Crippen LogP contribution in [0.4, 0.5) is 17.2 Å². The largest absolute Gasteiger partial charge is 0.508 e. The van der Waals surface area contributed by atoms with Crippen LogP contribution in [0.2, 0.25) is 0 Å². The summed E-state index contributed by atoms with van der Waals surface area (Å²) in [4.78, 5) is 13.0. The highest BCUT2D eigenvalue weighted by Crippen LogP contribution is 2.32. The van der Waals surface area contributed by atoms with Crippen LogP contribution in [0.1, 0.15) is 11.3 Å². The molecule has 3 rings (SSSR count). The molecular weight excluding hydrogens is 326 g/mol. The van der Waals surface area contributed by atoms with Crippen molar-refractivity contribution in [3.05, 3.63) is 39.6 Å². The number of hydrogen-bond acceptors (Lipinski definition) is 7. The van der Waals surface area contributed by atoms with Crippen LogP contribution in [-0.4, -0.2) is 51.0 Å². The quantitative estimate of drug-likeness (QED) is 0.483. The van der Waals surface area contributed by atoms with Gasteiger partial charge in [0.25, 0.3) is 0 Å². The summed E-state index contributed by atoms with van der Waals surface area (Å²) in [5, 5.41) is 28.6. The maximum atomic E-state index is 11.3. The fraction of sp³-hybridized carbons (Fsp3) is 0.438. The molecular formula is C16H21N5O4. The molecule has 9 nitrogen and oxygen atoms in total. The predicted molar refractivity (Wildman–Crippen MR) is 92.1 cm³/mol. The summed E-state index contributed by atoms with van der Waals surface area (Å²) in [7, 11) is 1.65. The topological polar surface area (TPSA) is 106 Å². The molecule has 1 aliphatic heterocycles. The van der Waals surface area contributed by atoms with E-state index in [0.29, 0.717) is 37.0 Å². The van der Waals surface area contributed by atoms with E-state index in [9.17, 15) is 15.2 Å². The Morgan fingerprint density at radius 2 is 2.12 bits per heavy atom. The van der Waals surface area contributed by atoms with Crippen molar-refractivity contribution >= 4 is 17.2 Å². The first kappa shape index (κ1) is 17.2. The normalized spacial score (nSPS) is 15.3. The van der Waals surface area contributed by atoms with E-state index in [2.05, 4.69) is 15.3 Å². The van der Waals surface area contributed by atoms with Gasteiger partial charge in [-0.3, -0.25) is 15.0 Å². The van der Waals surface area contributed by atoms with Gasteiger partial charge in [0, 0.05) is 37.9 Å². The monoisotopic (exact) mass is 347 g/mol. The average molecular weight is 347 g/mol. The van der Waals surface area contributed by atoms with E-state index in [1.54, 1.807) is 32.2 Å². The molecule has 1 saturated heterocycles. The van der Waals surface area contributed by atoms with Gasteiger partial charge in [0.15, 0.2) is 0 Å². The number of nitrogens with zero attached hydrogens (tertiary/aromatic N) is 4. The molecule has 1 fully saturated rings. The summed E-state index contributed by atoms with van der Waals surface area (Å²) in [6.07, 6.45) is 0. The third-order valence-electron chi connectivity index (χ3n) is 4.21. The van der Waals surface area contributed by atoms with Crippen molar-refractivity contribution in [2.75, 3.05) is 31.6 Å². The van der Waals surface area contributed by atoms with Crippen LogP contribution < -0.4 is 5.32 Å². The lowest BCUT2D eigenvalue weighted by atomic mass is 10.1. The van der Waals surface area contributed by atoms with Crippen molar-refractivity contribution in [2.45, 2.75) is 13.5 Å². The number of ether oxygens (including phenoxy) is 1. The third-order valence-corrected chi connectivity index (χ3v) is 4.21. The Morgan fingerprint density at radius 1 is 1.40 bits per heavy atom. The van der Waals surface area contributed by atoms with Gasteiger partial charge in [-0.1, -0.05) is 0 Å². The molecule has 1 aromatic carbocycles. The lowest BCUT2D eigenvalue weighted by Gasteiger charge is -2.27. The number of aromatic nitrogens is 2. The van der Waals surface area contributed by atoms with Gasteiger partial charge in [-0.25, -0.2) is 4.68 Å². The van der Waals surface area contributed by atoms with Gasteiger partial charge >= 0.3 is 5.69 Å². The van der Waals surface area contributed by atoms with Crippen LogP contribution in [0, 0.1) is 17.0 Å². The molecule has 0 aliphatic carbocycles. The second kappa shape index (κ2) is 7.08. The van der Waals surface area contributed by atoms with Gasteiger partial charge in [0.2, 0.25) is 5.82 Å². The SMILES string of the molecule is Cc1nn(C)c(Nc2ccc(O)c(CN3CCOCC3)c2)c1[N+](=O)[O-]. The van der Waals surface area contributed by atoms with Gasteiger partial charge in [0.05, 0.1) is 18.1 Å². The molecule has 0 amide bonds. The number of nitrogens with one attached hydrogen (secondary N) is 1. The predicted octanol–water partition coefficient (Wildman–Crippen LogP) is 1.92. The lowest BCUT2D eigenvalue weighted by Crippen LogP contribution is -2.35. The number of nitro groups is 1. The van der Waals surface area contributed by atoms with E-state index in [1.165, 1.54) is 4.68 Å². The standard InChI is InChI=1S/C16H21N5O4/c1-11-15(21(23)24)16(19(2)18-11)17-13-3-4-14(22)12(9-13)10-20-5-7-25-8-6-20/h3-4,9,17,22H,5-8,10H2,1-2H3. The minimum Gasteiger partial charge on any atom is -0.508 e. The lowest BCUT2D eigenvalue weighted by molar-refractivity contribution is -0.384. The van der Waals surface area contributed by atoms with Crippen molar-refractivity contribution in [3.8, 4) is 5.75 Å². The van der Waals surface area contributed by atoms with E-state index in [4.69, 9.17) is 4.74 Å². The molecule has 2 heterocycles. The number of aryl methyl sites for hydroxylation is 2. The smallest absolute Gasteiger partial charge is 0.334 e. The maximum Gasteiger partial charge on any atom is 0.334 e. The summed E-state index contributed by atoms with van der Waals surface area (Å²) in [6, 6.07) is 5.08. The molecule has 0 radical (unpaired) electrons. The minimum absolute atomic E-state index is 0.0506. The van der Waals surface area contributed by atoms with Crippen molar-refractivity contribution in [1.29, 1.82) is 0 Å². The van der Waals surface area contributed by atoms with Gasteiger partial charge < -0.3 is 15.2 Å². The van der Waals surface area contributed by atoms with Crippen LogP contribution >= 0.6 is 0 Å². The zero-order chi connectivity index (χ0) is 18.0. The fourth-order valence-corrected chi connectivity index (χ4v) is 2.93. The van der Waals surface area contributed by atoms with Crippen molar-refractivity contribution in [3.63, 3.8) is 0 Å². The van der Waals surface area contributed by atoms with Crippen LogP contribution in [0.15, 0.2) is 18.2 Å². The summed E-state index contributed by atoms with van der Waals surface area (Å²) in [5.74, 6) is 0.512. The zero-order valence-electron chi connectivity index (χ0n) is 14.2. The molecule has 134 valence electrons. The van der Waals surface area contributed by atoms with Crippen molar-refractivity contribution < 1.29 is 14.8 Å². The number of hydrogen-bond donors (Lipinski definition) is 2. The highest BCUT2D eigenvalue weighted by atomic mass is 16.6. The van der Waals surface area contributed by atoms with Gasteiger partial charge in [0.1, 0.15) is 11.4 Å². The number of benzene rings is 1. The number of aromatic hydroxyl groups is 1. The van der Waals surface area contributed by atoms with E-state index in [-0.39, 0.29) is 11.4 Å². The summed E-state index contributed by atoms with van der Waals surface area (Å²) >= 11 is 0. The van der Waals surface area contributed by atoms with E-state index in [1.807, 2.05) is 0 Å². The summed E-state index contributed by atoms with van der Waals surface area (Å²) in [6.45, 7) is 5.17. The van der Waals surface area contributed by atoms with E-state index >= 15 is 0 Å². The Morgan fingerprint density at radius 3 is 2.80 bits per heavy atom. The Kier molecular flexibility index (Phi) is 4.86. The Bertz CT molecular complexity index is 783. The second-order valence-electron chi connectivity index (χ2n) is 6.02. The Hall–Kier alpha value is -2.65. The van der Waals surface area contributed by atoms with Gasteiger partial charge in [-0.05, 0) is 25.1 Å². The fourth-order valence-electron chi connectivity index (χ4n) is 2.93. The van der Waals surface area contributed by atoms with Gasteiger partial charge in [-0.15, -0.1) is 0 Å². The first-order chi connectivity index (χ1) is 12.0. The summed E-state index contributed by atoms with van der Waals surface area (Å²) < 4.78 is 6.78. The molecule has 0 bridgehead atoms. The van der Waals surface area contributed by atoms with Crippen molar-refractivity contribution in [1.82, 2.24) is 14.7 Å². The molecule has 0 spiro atoms. The van der Waals surface area contributed by atoms with Crippen LogP contribution in [0.25, 0.3) is 0 Å². The zero-order valence-corrected chi connectivity index (χ0v) is 14.2. The molecule has 2 aromatic rings. The Labute approximate surface area is 145 Å². The molecule has 1 aromatic heterocycles. The molecule has 0 atom stereocenters. The number of phenolic OH excluding ortho intramolecular Hbond substituents is 1. The molecule has 9 heteroatoms. The third kappa shape index (κ3) is 3.72. The van der Waals surface area contributed by atoms with E-state index < -0.39 is 4.92 Å².